The molecule has 0 spiro atoms. The molecule has 2 saturated heterocycles. The fourth-order valence-corrected chi connectivity index (χ4v) is 5.38. The van der Waals surface area contributed by atoms with E-state index in [9.17, 15) is 9.59 Å². The van der Waals surface area contributed by atoms with Crippen LogP contribution >= 0.6 is 11.8 Å². The smallest absolute Gasteiger partial charge is 0.286 e. The number of hydrogen-bond acceptors (Lipinski definition) is 5. The molecule has 3 heterocycles. The fourth-order valence-electron chi connectivity index (χ4n) is 4.54. The highest BCUT2D eigenvalue weighted by Gasteiger charge is 2.33. The summed E-state index contributed by atoms with van der Waals surface area (Å²) in [5, 5.41) is 2.81. The van der Waals surface area contributed by atoms with E-state index in [1.54, 1.807) is 0 Å². The lowest BCUT2D eigenvalue weighted by atomic mass is 9.96. The average molecular weight is 437 g/mol. The molecule has 2 amide bonds. The van der Waals surface area contributed by atoms with E-state index in [-0.39, 0.29) is 28.5 Å². The number of imide groups is 1. The predicted octanol–water partition coefficient (Wildman–Crippen LogP) is 3.85. The second-order valence-corrected chi connectivity index (χ2v) is 9.12. The van der Waals surface area contributed by atoms with E-state index in [0.717, 1.165) is 28.2 Å². The van der Waals surface area contributed by atoms with Crippen molar-refractivity contribution in [3.8, 4) is 0 Å². The highest BCUT2D eigenvalue weighted by atomic mass is 32.2. The summed E-state index contributed by atoms with van der Waals surface area (Å²) in [6.45, 7) is 3.86. The lowest BCUT2D eigenvalue weighted by Crippen LogP contribution is -2.37. The molecule has 0 bridgehead atoms. The third kappa shape index (κ3) is 3.89. The predicted molar refractivity (Wildman–Crippen MR) is 120 cm³/mol. The van der Waals surface area contributed by atoms with Gasteiger partial charge >= 0.3 is 0 Å². The SMILES string of the molecule is Cc1ccccc1C(C1COCCO1)n1ccc2c(CC3SC(=O)NC3=O)cccc21. The molecule has 3 unspecified atom stereocenters. The lowest BCUT2D eigenvalue weighted by Gasteiger charge is -2.33. The van der Waals surface area contributed by atoms with E-state index >= 15 is 0 Å². The number of hydrogen-bond donors (Lipinski definition) is 1. The summed E-state index contributed by atoms with van der Waals surface area (Å²) >= 11 is 1.07. The first-order valence-corrected chi connectivity index (χ1v) is 11.3. The number of amides is 2. The van der Waals surface area contributed by atoms with Crippen molar-refractivity contribution in [3.05, 3.63) is 71.4 Å². The minimum atomic E-state index is -0.385. The molecule has 6 nitrogen and oxygen atoms in total. The molecule has 0 radical (unpaired) electrons. The second-order valence-electron chi connectivity index (χ2n) is 7.95. The van der Waals surface area contributed by atoms with Gasteiger partial charge in [0.25, 0.3) is 5.24 Å². The first-order valence-electron chi connectivity index (χ1n) is 10.5. The standard InChI is InChI=1S/C24H24N2O4S/c1-15-5-2-3-7-17(15)22(20-14-29-11-12-30-20)26-10-9-18-16(6-4-8-19(18)26)13-21-23(27)25-24(28)31-21/h2-10,20-22H,11-14H2,1H3,(H,25,27,28). The van der Waals surface area contributed by atoms with E-state index in [1.807, 2.05) is 18.2 Å². The summed E-state index contributed by atoms with van der Waals surface area (Å²) in [7, 11) is 0. The Bertz CT molecular complexity index is 1140. The zero-order valence-corrected chi connectivity index (χ0v) is 18.1. The van der Waals surface area contributed by atoms with Crippen LogP contribution in [0.4, 0.5) is 4.79 Å². The molecule has 5 rings (SSSR count). The molecule has 1 N–H and O–H groups in total. The Hall–Kier alpha value is -2.61. The van der Waals surface area contributed by atoms with Gasteiger partial charge in [-0.05, 0) is 42.2 Å². The molecule has 3 aromatic rings. The Kier molecular flexibility index (Phi) is 5.56. The quantitative estimate of drug-likeness (QED) is 0.658. The highest BCUT2D eigenvalue weighted by molar-refractivity contribution is 8.15. The number of ether oxygens (including phenoxy) is 2. The van der Waals surface area contributed by atoms with Gasteiger partial charge in [0, 0.05) is 17.1 Å². The molecule has 7 heteroatoms. The van der Waals surface area contributed by atoms with Crippen molar-refractivity contribution in [1.29, 1.82) is 0 Å². The van der Waals surface area contributed by atoms with Crippen LogP contribution in [0.5, 0.6) is 0 Å². The fraction of sp³-hybridized carbons (Fsp3) is 0.333. The van der Waals surface area contributed by atoms with E-state index < -0.39 is 0 Å². The van der Waals surface area contributed by atoms with Crippen molar-refractivity contribution < 1.29 is 19.1 Å². The Morgan fingerprint density at radius 1 is 1.13 bits per heavy atom. The van der Waals surface area contributed by atoms with Gasteiger partial charge in [-0.15, -0.1) is 0 Å². The van der Waals surface area contributed by atoms with Gasteiger partial charge in [-0.1, -0.05) is 48.2 Å². The van der Waals surface area contributed by atoms with Crippen LogP contribution in [-0.2, 0) is 20.7 Å². The van der Waals surface area contributed by atoms with Gasteiger partial charge < -0.3 is 14.0 Å². The Balaban J connectivity index is 1.56. The summed E-state index contributed by atoms with van der Waals surface area (Å²) in [4.78, 5) is 23.7. The molecule has 2 aliphatic rings. The number of fused-ring (bicyclic) bond motifs is 1. The van der Waals surface area contributed by atoms with Crippen LogP contribution < -0.4 is 5.32 Å². The zero-order valence-electron chi connectivity index (χ0n) is 17.2. The third-order valence-electron chi connectivity index (χ3n) is 6.03. The largest absolute Gasteiger partial charge is 0.376 e. The van der Waals surface area contributed by atoms with Crippen molar-refractivity contribution in [3.63, 3.8) is 0 Å². The molecular formula is C24H24N2O4S. The molecule has 0 saturated carbocycles. The second kappa shape index (κ2) is 8.49. The number of nitrogens with zero attached hydrogens (tertiary/aromatic N) is 1. The topological polar surface area (TPSA) is 69.6 Å². The number of nitrogens with one attached hydrogen (secondary N) is 1. The van der Waals surface area contributed by atoms with Gasteiger partial charge in [-0.3, -0.25) is 14.9 Å². The maximum atomic E-state index is 12.1. The molecule has 1 aromatic heterocycles. The van der Waals surface area contributed by atoms with Crippen molar-refractivity contribution in [2.75, 3.05) is 19.8 Å². The summed E-state index contributed by atoms with van der Waals surface area (Å²) in [5.74, 6) is -0.211. The molecule has 160 valence electrons. The number of thioether (sulfide) groups is 1. The van der Waals surface area contributed by atoms with Gasteiger partial charge in [0.1, 0.15) is 6.10 Å². The number of benzene rings is 2. The third-order valence-corrected chi connectivity index (χ3v) is 7.01. The van der Waals surface area contributed by atoms with E-state index in [1.165, 1.54) is 11.1 Å². The molecular weight excluding hydrogens is 412 g/mol. The van der Waals surface area contributed by atoms with Gasteiger partial charge in [-0.25, -0.2) is 0 Å². The first-order chi connectivity index (χ1) is 15.1. The number of rotatable bonds is 5. The molecule has 2 aromatic carbocycles. The maximum Gasteiger partial charge on any atom is 0.286 e. The number of carbonyl (C=O) groups excluding carboxylic acids is 2. The highest BCUT2D eigenvalue weighted by Crippen LogP contribution is 2.34. The minimum Gasteiger partial charge on any atom is -0.376 e. The number of aryl methyl sites for hydroxylation is 1. The molecule has 31 heavy (non-hydrogen) atoms. The number of aromatic nitrogens is 1. The van der Waals surface area contributed by atoms with Crippen LogP contribution in [0, 0.1) is 6.92 Å². The first kappa shape index (κ1) is 20.3. The molecule has 2 aliphatic heterocycles. The Morgan fingerprint density at radius 3 is 2.74 bits per heavy atom. The van der Waals surface area contributed by atoms with Crippen LogP contribution in [-0.4, -0.2) is 46.9 Å². The Labute approximate surface area is 184 Å². The average Bonchev–Trinajstić information content (AvgIpc) is 3.34. The summed E-state index contributed by atoms with van der Waals surface area (Å²) in [6, 6.07) is 16.6. The normalized spacial score (nSPS) is 22.6. The van der Waals surface area contributed by atoms with E-state index in [2.05, 4.69) is 53.3 Å². The van der Waals surface area contributed by atoms with E-state index in [4.69, 9.17) is 9.47 Å². The summed E-state index contributed by atoms with van der Waals surface area (Å²) in [6.07, 6.45) is 2.51. The van der Waals surface area contributed by atoms with Crippen molar-refractivity contribution in [2.24, 2.45) is 0 Å². The van der Waals surface area contributed by atoms with Gasteiger partial charge in [-0.2, -0.15) is 0 Å². The summed E-state index contributed by atoms with van der Waals surface area (Å²) in [5.41, 5.74) is 4.55. The minimum absolute atomic E-state index is 0.0278. The summed E-state index contributed by atoms with van der Waals surface area (Å²) < 4.78 is 14.2. The van der Waals surface area contributed by atoms with Crippen molar-refractivity contribution >= 4 is 33.8 Å². The van der Waals surface area contributed by atoms with Crippen LogP contribution in [0.25, 0.3) is 10.9 Å². The molecule has 2 fully saturated rings. The maximum absolute atomic E-state index is 12.1. The molecule has 0 aliphatic carbocycles. The van der Waals surface area contributed by atoms with E-state index in [0.29, 0.717) is 26.2 Å². The van der Waals surface area contributed by atoms with Gasteiger partial charge in [0.15, 0.2) is 0 Å². The number of carbonyl (C=O) groups is 2. The monoisotopic (exact) mass is 436 g/mol. The van der Waals surface area contributed by atoms with Crippen LogP contribution in [0.15, 0.2) is 54.7 Å². The van der Waals surface area contributed by atoms with Crippen LogP contribution in [0.2, 0.25) is 0 Å². The van der Waals surface area contributed by atoms with Gasteiger partial charge in [0.05, 0.1) is 31.1 Å². The van der Waals surface area contributed by atoms with Crippen LogP contribution in [0.1, 0.15) is 22.7 Å². The molecule has 3 atom stereocenters. The van der Waals surface area contributed by atoms with Crippen molar-refractivity contribution in [1.82, 2.24) is 9.88 Å². The van der Waals surface area contributed by atoms with Crippen LogP contribution in [0.3, 0.4) is 0 Å². The lowest BCUT2D eigenvalue weighted by molar-refractivity contribution is -0.118. The Morgan fingerprint density at radius 2 is 2.00 bits per heavy atom. The van der Waals surface area contributed by atoms with Crippen molar-refractivity contribution in [2.45, 2.75) is 30.7 Å². The zero-order chi connectivity index (χ0) is 21.4. The van der Waals surface area contributed by atoms with Gasteiger partial charge in [0.2, 0.25) is 5.91 Å².